The van der Waals surface area contributed by atoms with E-state index < -0.39 is 0 Å². The zero-order valence-electron chi connectivity index (χ0n) is 15.3. The van der Waals surface area contributed by atoms with E-state index >= 15 is 0 Å². The molecule has 0 unspecified atom stereocenters. The van der Waals surface area contributed by atoms with Crippen molar-refractivity contribution in [2.24, 2.45) is 0 Å². The molecule has 0 bridgehead atoms. The molecule has 28 heavy (non-hydrogen) atoms. The Morgan fingerprint density at radius 3 is 2.86 bits per heavy atom. The number of nitrogens with zero attached hydrogens (tertiary/aromatic N) is 3. The largest absolute Gasteiger partial charge is 0.337 e. The maximum Gasteiger partial charge on any atom is 0.236 e. The Hall–Kier alpha value is -2.45. The SMILES string of the molecule is C[C@@H](Sc1nnc(Nc2cccc(F)c2)s1)C(=O)N1CCc2ccccc2C1. The van der Waals surface area contributed by atoms with Crippen LogP contribution in [0, 0.1) is 5.82 Å². The summed E-state index contributed by atoms with van der Waals surface area (Å²) in [6.07, 6.45) is 0.889. The van der Waals surface area contributed by atoms with Crippen molar-refractivity contribution in [2.45, 2.75) is 29.5 Å². The molecule has 4 rings (SSSR count). The van der Waals surface area contributed by atoms with Gasteiger partial charge in [0.1, 0.15) is 5.82 Å². The van der Waals surface area contributed by atoms with Crippen LogP contribution in [-0.4, -0.2) is 32.8 Å². The molecule has 1 aliphatic rings. The zero-order valence-corrected chi connectivity index (χ0v) is 16.9. The average molecular weight is 415 g/mol. The van der Waals surface area contributed by atoms with Crippen molar-refractivity contribution < 1.29 is 9.18 Å². The van der Waals surface area contributed by atoms with Gasteiger partial charge in [-0.2, -0.15) is 0 Å². The zero-order chi connectivity index (χ0) is 19.5. The van der Waals surface area contributed by atoms with Crippen molar-refractivity contribution in [3.05, 3.63) is 65.5 Å². The monoisotopic (exact) mass is 414 g/mol. The normalized spacial score (nSPS) is 14.4. The van der Waals surface area contributed by atoms with Crippen molar-refractivity contribution in [3.63, 3.8) is 0 Å². The summed E-state index contributed by atoms with van der Waals surface area (Å²) in [6, 6.07) is 14.4. The molecule has 1 N–H and O–H groups in total. The molecular weight excluding hydrogens is 395 g/mol. The smallest absolute Gasteiger partial charge is 0.236 e. The molecule has 0 aliphatic carbocycles. The summed E-state index contributed by atoms with van der Waals surface area (Å²) in [5.74, 6) is -0.208. The second kappa shape index (κ2) is 8.28. The number of thioether (sulfide) groups is 1. The highest BCUT2D eigenvalue weighted by Gasteiger charge is 2.26. The van der Waals surface area contributed by atoms with Crippen molar-refractivity contribution in [1.29, 1.82) is 0 Å². The number of anilines is 2. The van der Waals surface area contributed by atoms with Crippen LogP contribution in [0.15, 0.2) is 52.9 Å². The quantitative estimate of drug-likeness (QED) is 0.624. The number of nitrogens with one attached hydrogen (secondary N) is 1. The van der Waals surface area contributed by atoms with Gasteiger partial charge in [0.2, 0.25) is 11.0 Å². The van der Waals surface area contributed by atoms with Crippen LogP contribution in [0.3, 0.4) is 0 Å². The number of hydrogen-bond acceptors (Lipinski definition) is 6. The lowest BCUT2D eigenvalue weighted by Gasteiger charge is -2.30. The highest BCUT2D eigenvalue weighted by Crippen LogP contribution is 2.32. The predicted octanol–water partition coefficient (Wildman–Crippen LogP) is 4.49. The fourth-order valence-electron chi connectivity index (χ4n) is 3.14. The number of rotatable bonds is 5. The first-order valence-electron chi connectivity index (χ1n) is 8.97. The molecule has 2 aromatic carbocycles. The molecule has 3 aromatic rings. The Kier molecular flexibility index (Phi) is 5.59. The number of hydrogen-bond donors (Lipinski definition) is 1. The molecule has 1 atom stereocenters. The van der Waals surface area contributed by atoms with Crippen molar-refractivity contribution >= 4 is 39.8 Å². The maximum absolute atomic E-state index is 13.3. The van der Waals surface area contributed by atoms with E-state index in [9.17, 15) is 9.18 Å². The second-order valence-corrected chi connectivity index (χ2v) is 9.11. The minimum Gasteiger partial charge on any atom is -0.337 e. The highest BCUT2D eigenvalue weighted by atomic mass is 32.2. The minimum atomic E-state index is -0.313. The molecule has 8 heteroatoms. The van der Waals surface area contributed by atoms with E-state index in [1.54, 1.807) is 12.1 Å². The summed E-state index contributed by atoms with van der Waals surface area (Å²) >= 11 is 2.75. The summed E-state index contributed by atoms with van der Waals surface area (Å²) in [5.41, 5.74) is 3.16. The topological polar surface area (TPSA) is 58.1 Å². The molecule has 0 radical (unpaired) electrons. The van der Waals surface area contributed by atoms with E-state index in [-0.39, 0.29) is 17.0 Å². The lowest BCUT2D eigenvalue weighted by Crippen LogP contribution is -2.40. The Balaban J connectivity index is 1.37. The van der Waals surface area contributed by atoms with Gasteiger partial charge < -0.3 is 10.2 Å². The van der Waals surface area contributed by atoms with Crippen molar-refractivity contribution in [2.75, 3.05) is 11.9 Å². The van der Waals surface area contributed by atoms with Gasteiger partial charge in [0, 0.05) is 18.8 Å². The van der Waals surface area contributed by atoms with E-state index in [0.29, 0.717) is 21.7 Å². The van der Waals surface area contributed by atoms with Crippen molar-refractivity contribution in [3.8, 4) is 0 Å². The average Bonchev–Trinajstić information content (AvgIpc) is 3.13. The number of benzene rings is 2. The highest BCUT2D eigenvalue weighted by molar-refractivity contribution is 8.02. The molecule has 2 heterocycles. The van der Waals surface area contributed by atoms with E-state index in [2.05, 4.69) is 27.6 Å². The lowest BCUT2D eigenvalue weighted by atomic mass is 10.00. The number of aromatic nitrogens is 2. The van der Waals surface area contributed by atoms with E-state index in [1.807, 2.05) is 24.0 Å². The number of fused-ring (bicyclic) bond motifs is 1. The molecule has 0 saturated carbocycles. The first kappa shape index (κ1) is 18.9. The molecule has 0 saturated heterocycles. The standard InChI is InChI=1S/C20H19FN4OS2/c1-13(18(26)25-10-9-14-5-2-3-6-15(14)12-25)27-20-24-23-19(28-20)22-17-8-4-7-16(21)11-17/h2-8,11,13H,9-10,12H2,1H3,(H,22,23)/t13-/m1/s1. The third-order valence-corrected chi connectivity index (χ3v) is 6.56. The number of amides is 1. The number of carbonyl (C=O) groups is 1. The molecule has 1 aromatic heterocycles. The second-order valence-electron chi connectivity index (χ2n) is 6.55. The molecule has 0 fully saturated rings. The predicted molar refractivity (Wildman–Crippen MR) is 110 cm³/mol. The number of halogens is 1. The summed E-state index contributed by atoms with van der Waals surface area (Å²) in [4.78, 5) is 14.8. The van der Waals surface area contributed by atoms with Crippen LogP contribution in [0.1, 0.15) is 18.1 Å². The Bertz CT molecular complexity index is 994. The first-order chi connectivity index (χ1) is 13.6. The van der Waals surface area contributed by atoms with Crippen LogP contribution in [0.2, 0.25) is 0 Å². The third-order valence-electron chi connectivity index (χ3n) is 4.55. The van der Waals surface area contributed by atoms with E-state index in [0.717, 1.165) is 13.0 Å². The molecule has 0 spiro atoms. The Morgan fingerprint density at radius 2 is 2.04 bits per heavy atom. The van der Waals surface area contributed by atoms with E-state index in [1.165, 1.54) is 46.4 Å². The fourth-order valence-corrected chi connectivity index (χ4v) is 5.14. The lowest BCUT2D eigenvalue weighted by molar-refractivity contribution is -0.131. The molecule has 144 valence electrons. The van der Waals surface area contributed by atoms with Gasteiger partial charge in [-0.25, -0.2) is 4.39 Å². The maximum atomic E-state index is 13.3. The van der Waals surface area contributed by atoms with Crippen LogP contribution in [0.4, 0.5) is 15.2 Å². The van der Waals surface area contributed by atoms with E-state index in [4.69, 9.17) is 0 Å². The van der Waals surface area contributed by atoms with Crippen LogP contribution in [-0.2, 0) is 17.8 Å². The number of carbonyl (C=O) groups excluding carboxylic acids is 1. The fraction of sp³-hybridized carbons (Fsp3) is 0.250. The van der Waals surface area contributed by atoms with Gasteiger partial charge in [0.15, 0.2) is 4.34 Å². The molecule has 1 amide bonds. The van der Waals surface area contributed by atoms with Gasteiger partial charge in [0.05, 0.1) is 5.25 Å². The van der Waals surface area contributed by atoms with Gasteiger partial charge in [-0.1, -0.05) is 53.4 Å². The Morgan fingerprint density at radius 1 is 1.21 bits per heavy atom. The van der Waals surface area contributed by atoms with Crippen LogP contribution in [0.25, 0.3) is 0 Å². The van der Waals surface area contributed by atoms with Gasteiger partial charge in [-0.05, 0) is 42.7 Å². The summed E-state index contributed by atoms with van der Waals surface area (Å²) < 4.78 is 14.0. The Labute approximate surface area is 171 Å². The van der Waals surface area contributed by atoms with Gasteiger partial charge in [-0.15, -0.1) is 10.2 Å². The van der Waals surface area contributed by atoms with Gasteiger partial charge >= 0.3 is 0 Å². The van der Waals surface area contributed by atoms with Crippen LogP contribution < -0.4 is 5.32 Å². The van der Waals surface area contributed by atoms with Gasteiger partial charge in [0.25, 0.3) is 0 Å². The summed E-state index contributed by atoms with van der Waals surface area (Å²) in [6.45, 7) is 3.29. The molecule has 5 nitrogen and oxygen atoms in total. The minimum absolute atomic E-state index is 0.106. The molecular formula is C20H19FN4OS2. The van der Waals surface area contributed by atoms with Crippen LogP contribution >= 0.6 is 23.1 Å². The van der Waals surface area contributed by atoms with Crippen molar-refractivity contribution in [1.82, 2.24) is 15.1 Å². The summed E-state index contributed by atoms with van der Waals surface area (Å²) in [7, 11) is 0. The van der Waals surface area contributed by atoms with Crippen LogP contribution in [0.5, 0.6) is 0 Å². The van der Waals surface area contributed by atoms with Gasteiger partial charge in [-0.3, -0.25) is 4.79 Å². The third kappa shape index (κ3) is 4.34. The first-order valence-corrected chi connectivity index (χ1v) is 10.7. The summed E-state index contributed by atoms with van der Waals surface area (Å²) in [5, 5.41) is 11.6. The molecule has 1 aliphatic heterocycles.